The Hall–Kier alpha value is -1.43. The fourth-order valence-corrected chi connectivity index (χ4v) is 4.51. The molecule has 138 valence electrons. The van der Waals surface area contributed by atoms with Crippen molar-refractivity contribution in [2.24, 2.45) is 4.99 Å². The van der Waals surface area contributed by atoms with Crippen molar-refractivity contribution in [3.63, 3.8) is 0 Å². The molecule has 0 N–H and O–H groups in total. The molecular formula is C19H29N3O2S. The van der Waals surface area contributed by atoms with E-state index in [9.17, 15) is 4.79 Å². The Morgan fingerprint density at radius 1 is 1.16 bits per heavy atom. The van der Waals surface area contributed by atoms with E-state index in [1.807, 2.05) is 43.6 Å². The first-order valence-corrected chi connectivity index (χ1v) is 10.1. The van der Waals surface area contributed by atoms with Crippen molar-refractivity contribution in [1.82, 2.24) is 9.80 Å². The molecule has 6 heteroatoms. The molecule has 5 nitrogen and oxygen atoms in total. The molecular weight excluding hydrogens is 334 g/mol. The standard InChI is InChI=1S/C19H29N3O2S/c1-14-5-6-16(17-15(20-13-14)7-12-25-17)21-8-10-22(11-9-21)18(23)24-19(2,3)4/h13H,5-12H2,1-4H3/b14-13+,17-16-,20-15+. The smallest absolute Gasteiger partial charge is 0.410 e. The van der Waals surface area contributed by atoms with Crippen LogP contribution in [-0.2, 0) is 4.74 Å². The van der Waals surface area contributed by atoms with Crippen molar-refractivity contribution in [1.29, 1.82) is 0 Å². The summed E-state index contributed by atoms with van der Waals surface area (Å²) in [5, 5.41) is 0. The van der Waals surface area contributed by atoms with Gasteiger partial charge in [0, 0.05) is 55.2 Å². The van der Waals surface area contributed by atoms with E-state index in [-0.39, 0.29) is 6.09 Å². The van der Waals surface area contributed by atoms with Gasteiger partial charge in [-0.2, -0.15) is 0 Å². The Morgan fingerprint density at radius 2 is 1.88 bits per heavy atom. The number of thioether (sulfide) groups is 1. The molecule has 3 heterocycles. The van der Waals surface area contributed by atoms with Gasteiger partial charge in [0.15, 0.2) is 0 Å². The molecule has 2 saturated heterocycles. The summed E-state index contributed by atoms with van der Waals surface area (Å²) >= 11 is 1.94. The van der Waals surface area contributed by atoms with E-state index < -0.39 is 5.60 Å². The molecule has 25 heavy (non-hydrogen) atoms. The molecule has 0 aromatic heterocycles. The molecule has 0 aliphatic carbocycles. The summed E-state index contributed by atoms with van der Waals surface area (Å²) in [7, 11) is 0. The lowest BCUT2D eigenvalue weighted by Gasteiger charge is -2.38. The quantitative estimate of drug-likeness (QED) is 0.706. The Morgan fingerprint density at radius 3 is 2.56 bits per heavy atom. The molecule has 1 amide bonds. The van der Waals surface area contributed by atoms with Crippen molar-refractivity contribution in [2.75, 3.05) is 31.9 Å². The summed E-state index contributed by atoms with van der Waals surface area (Å²) in [5.74, 6) is 1.13. The molecule has 3 aliphatic heterocycles. The minimum atomic E-state index is -0.436. The van der Waals surface area contributed by atoms with Crippen LogP contribution in [0.2, 0.25) is 0 Å². The summed E-state index contributed by atoms with van der Waals surface area (Å²) in [6, 6.07) is 0. The Kier molecular flexibility index (Phi) is 5.46. The van der Waals surface area contributed by atoms with E-state index in [1.54, 1.807) is 0 Å². The van der Waals surface area contributed by atoms with E-state index >= 15 is 0 Å². The van der Waals surface area contributed by atoms with Crippen LogP contribution in [0, 0.1) is 0 Å². The SMILES string of the molecule is C\C1=C/N=C2\CCS\C2=C(/N2CCN(C(=O)OC(C)(C)C)CC2)CC1. The van der Waals surface area contributed by atoms with Gasteiger partial charge in [-0.05, 0) is 40.5 Å². The van der Waals surface area contributed by atoms with Gasteiger partial charge in [0.1, 0.15) is 5.60 Å². The van der Waals surface area contributed by atoms with Crippen LogP contribution in [0.4, 0.5) is 4.79 Å². The van der Waals surface area contributed by atoms with Gasteiger partial charge >= 0.3 is 6.09 Å². The molecule has 0 bridgehead atoms. The Bertz CT molecular complexity index is 623. The minimum Gasteiger partial charge on any atom is -0.444 e. The molecule has 0 aromatic rings. The summed E-state index contributed by atoms with van der Waals surface area (Å²) in [4.78, 5) is 22.7. The second kappa shape index (κ2) is 7.44. The van der Waals surface area contributed by atoms with E-state index in [0.29, 0.717) is 0 Å². The van der Waals surface area contributed by atoms with Crippen LogP contribution in [0.25, 0.3) is 0 Å². The number of carbonyl (C=O) groups is 1. The molecule has 0 atom stereocenters. The lowest BCUT2D eigenvalue weighted by atomic mass is 10.1. The van der Waals surface area contributed by atoms with E-state index in [0.717, 1.165) is 51.2 Å². The summed E-state index contributed by atoms with van der Waals surface area (Å²) in [5.41, 5.74) is 3.58. The van der Waals surface area contributed by atoms with Crippen LogP contribution in [-0.4, -0.2) is 59.1 Å². The van der Waals surface area contributed by atoms with Crippen LogP contribution in [0.1, 0.15) is 47.0 Å². The second-order valence-electron chi connectivity index (χ2n) is 7.88. The van der Waals surface area contributed by atoms with Gasteiger partial charge in [0.2, 0.25) is 0 Å². The third-order valence-electron chi connectivity index (χ3n) is 4.62. The molecule has 3 rings (SSSR count). The van der Waals surface area contributed by atoms with Gasteiger partial charge < -0.3 is 14.5 Å². The Balaban J connectivity index is 1.68. The van der Waals surface area contributed by atoms with Gasteiger partial charge in [-0.1, -0.05) is 5.57 Å². The average Bonchev–Trinajstić information content (AvgIpc) is 2.98. The third-order valence-corrected chi connectivity index (χ3v) is 5.79. The molecule has 2 fully saturated rings. The number of allylic oxidation sites excluding steroid dienone is 3. The highest BCUT2D eigenvalue weighted by Crippen LogP contribution is 2.36. The zero-order valence-corrected chi connectivity index (χ0v) is 16.6. The van der Waals surface area contributed by atoms with Crippen molar-refractivity contribution in [2.45, 2.75) is 52.6 Å². The van der Waals surface area contributed by atoms with Crippen molar-refractivity contribution >= 4 is 23.6 Å². The maximum absolute atomic E-state index is 12.3. The predicted octanol–water partition coefficient (Wildman–Crippen LogP) is 4.03. The lowest BCUT2D eigenvalue weighted by Crippen LogP contribution is -2.49. The van der Waals surface area contributed by atoms with E-state index in [2.05, 4.69) is 11.8 Å². The molecule has 0 unspecified atom stereocenters. The number of carbonyl (C=O) groups excluding carboxylic acids is 1. The minimum absolute atomic E-state index is 0.196. The summed E-state index contributed by atoms with van der Waals surface area (Å²) in [6.07, 6.45) is 5.03. The van der Waals surface area contributed by atoms with Crippen LogP contribution in [0.15, 0.2) is 27.4 Å². The first-order valence-electron chi connectivity index (χ1n) is 9.15. The molecule has 0 radical (unpaired) electrons. The van der Waals surface area contributed by atoms with Crippen molar-refractivity contribution in [3.8, 4) is 0 Å². The van der Waals surface area contributed by atoms with Crippen molar-refractivity contribution in [3.05, 3.63) is 22.4 Å². The molecule has 0 saturated carbocycles. The van der Waals surface area contributed by atoms with Crippen LogP contribution in [0.5, 0.6) is 0 Å². The van der Waals surface area contributed by atoms with Crippen LogP contribution < -0.4 is 0 Å². The van der Waals surface area contributed by atoms with E-state index in [4.69, 9.17) is 9.73 Å². The number of aliphatic imine (C=N–C) groups is 1. The number of hydrogen-bond donors (Lipinski definition) is 0. The van der Waals surface area contributed by atoms with Gasteiger partial charge in [-0.3, -0.25) is 4.99 Å². The first kappa shape index (κ1) is 18.4. The fourth-order valence-electron chi connectivity index (χ4n) is 3.29. The fraction of sp³-hybridized carbons (Fsp3) is 0.684. The number of nitrogens with zero attached hydrogens (tertiary/aromatic N) is 3. The highest BCUT2D eigenvalue weighted by Gasteiger charge is 2.29. The van der Waals surface area contributed by atoms with E-state index in [1.165, 1.54) is 21.9 Å². The number of ether oxygens (including phenoxy) is 1. The number of fused-ring (bicyclic) bond motifs is 1. The maximum atomic E-state index is 12.3. The third kappa shape index (κ3) is 4.60. The number of piperazine rings is 1. The zero-order valence-electron chi connectivity index (χ0n) is 15.8. The van der Waals surface area contributed by atoms with Gasteiger partial charge in [0.05, 0.1) is 5.71 Å². The topological polar surface area (TPSA) is 45.1 Å². The second-order valence-corrected chi connectivity index (χ2v) is 8.99. The number of rotatable bonds is 1. The summed E-state index contributed by atoms with van der Waals surface area (Å²) < 4.78 is 5.50. The highest BCUT2D eigenvalue weighted by molar-refractivity contribution is 8.04. The lowest BCUT2D eigenvalue weighted by molar-refractivity contribution is 0.0167. The highest BCUT2D eigenvalue weighted by atomic mass is 32.2. The molecule has 0 aromatic carbocycles. The predicted molar refractivity (Wildman–Crippen MR) is 104 cm³/mol. The summed E-state index contributed by atoms with van der Waals surface area (Å²) in [6.45, 7) is 11.1. The number of hydrogen-bond acceptors (Lipinski definition) is 5. The van der Waals surface area contributed by atoms with Gasteiger partial charge in [0.25, 0.3) is 0 Å². The average molecular weight is 364 g/mol. The number of amides is 1. The zero-order chi connectivity index (χ0) is 18.0. The van der Waals surface area contributed by atoms with Gasteiger partial charge in [-0.15, -0.1) is 11.8 Å². The largest absolute Gasteiger partial charge is 0.444 e. The first-order chi connectivity index (χ1) is 11.8. The van der Waals surface area contributed by atoms with Crippen LogP contribution >= 0.6 is 11.8 Å². The van der Waals surface area contributed by atoms with Gasteiger partial charge in [-0.25, -0.2) is 4.79 Å². The molecule has 0 spiro atoms. The van der Waals surface area contributed by atoms with Crippen molar-refractivity contribution < 1.29 is 9.53 Å². The maximum Gasteiger partial charge on any atom is 0.410 e. The van der Waals surface area contributed by atoms with Crippen LogP contribution in [0.3, 0.4) is 0 Å². The Labute approximate surface area is 155 Å². The normalized spacial score (nSPS) is 29.1. The monoisotopic (exact) mass is 363 g/mol. The molecule has 3 aliphatic rings.